The number of morpholine rings is 1. The van der Waals surface area contributed by atoms with Gasteiger partial charge in [-0.3, -0.25) is 14.5 Å². The zero-order valence-electron chi connectivity index (χ0n) is 23.2. The molecule has 2 fully saturated rings. The number of hydrogen-bond donors (Lipinski definition) is 3. The van der Waals surface area contributed by atoms with Gasteiger partial charge in [0.05, 0.1) is 23.3 Å². The predicted octanol–water partition coefficient (Wildman–Crippen LogP) is 5.80. The maximum atomic E-state index is 10.9. The first-order valence-electron chi connectivity index (χ1n) is 13.2. The van der Waals surface area contributed by atoms with Crippen molar-refractivity contribution in [2.24, 2.45) is 5.41 Å². The molecular weight excluding hydrogens is 559 g/mol. The molecule has 0 saturated carbocycles. The van der Waals surface area contributed by atoms with E-state index in [1.54, 1.807) is 12.1 Å². The minimum absolute atomic E-state index is 0.172. The maximum absolute atomic E-state index is 10.9. The molecule has 2 heterocycles. The highest BCUT2D eigenvalue weighted by Crippen LogP contribution is 2.43. The molecule has 2 aromatic carbocycles. The average Bonchev–Trinajstić information content (AvgIpc) is 3.36. The number of halogens is 3. The summed E-state index contributed by atoms with van der Waals surface area (Å²) < 4.78 is 5.17. The lowest BCUT2D eigenvalue weighted by Crippen LogP contribution is -2.40. The molecule has 0 radical (unpaired) electrons. The summed E-state index contributed by atoms with van der Waals surface area (Å²) in [7, 11) is 0. The van der Waals surface area contributed by atoms with E-state index in [1.165, 1.54) is 0 Å². The summed E-state index contributed by atoms with van der Waals surface area (Å²) in [6.07, 6.45) is 1.40. The number of anilines is 1. The molecule has 2 amide bonds. The van der Waals surface area contributed by atoms with Gasteiger partial charge in [-0.2, -0.15) is 0 Å². The van der Waals surface area contributed by atoms with Gasteiger partial charge in [0.15, 0.2) is 0 Å². The standard InChI is InChI=1S/C17H15Cl3N2O.C7H14N2O2.C5H12/c18-10-4-5-11(16(6-10)22-9-23)13-7-21-8-14(13)12-2-1-3-15(19)17(12)20;10-7-8-1-2-9-3-5-11-6-4-9;1-5(2,3)4/h1-6,9,13-14,21H,7-8H2,(H,22,23);7H,1-6H2,(H,8,10);1-4H3. The molecule has 2 aliphatic heterocycles. The van der Waals surface area contributed by atoms with E-state index >= 15 is 0 Å². The molecule has 0 spiro atoms. The second kappa shape index (κ2) is 17.1. The van der Waals surface area contributed by atoms with Gasteiger partial charge in [-0.05, 0) is 34.7 Å². The van der Waals surface area contributed by atoms with Crippen molar-refractivity contribution < 1.29 is 14.3 Å². The van der Waals surface area contributed by atoms with E-state index in [1.807, 2.05) is 24.3 Å². The maximum Gasteiger partial charge on any atom is 0.211 e. The first kappa shape index (κ1) is 33.3. The molecule has 2 aliphatic rings. The fourth-order valence-corrected chi connectivity index (χ4v) is 4.91. The summed E-state index contributed by atoms with van der Waals surface area (Å²) in [5.74, 6) is 0.347. The number of ether oxygens (including phenoxy) is 1. The SMILES string of the molecule is CC(C)(C)C.O=CNCCN1CCOCC1.O=CNc1cc(Cl)ccc1C1CNCC1c1cccc(Cl)c1Cl. The Labute approximate surface area is 247 Å². The molecule has 2 saturated heterocycles. The number of carbonyl (C=O) groups excluding carboxylic acids is 2. The third-order valence-corrected chi connectivity index (χ3v) is 7.05. The third kappa shape index (κ3) is 12.0. The molecule has 3 N–H and O–H groups in total. The van der Waals surface area contributed by atoms with Gasteiger partial charge < -0.3 is 20.7 Å². The largest absolute Gasteiger partial charge is 0.379 e. The van der Waals surface area contributed by atoms with Crippen molar-refractivity contribution in [3.63, 3.8) is 0 Å². The highest BCUT2D eigenvalue weighted by molar-refractivity contribution is 6.42. The Balaban J connectivity index is 0.000000276. The van der Waals surface area contributed by atoms with Crippen LogP contribution in [0.25, 0.3) is 0 Å². The summed E-state index contributed by atoms with van der Waals surface area (Å²) in [5, 5.41) is 10.5. The average molecular weight is 600 g/mol. The van der Waals surface area contributed by atoms with E-state index in [0.717, 1.165) is 75.7 Å². The van der Waals surface area contributed by atoms with Gasteiger partial charge in [0.25, 0.3) is 0 Å². The quantitative estimate of drug-likeness (QED) is 0.264. The highest BCUT2D eigenvalue weighted by atomic mass is 35.5. The lowest BCUT2D eigenvalue weighted by molar-refractivity contribution is -0.109. The molecule has 216 valence electrons. The van der Waals surface area contributed by atoms with Gasteiger partial charge in [0.2, 0.25) is 12.8 Å². The molecule has 2 atom stereocenters. The molecule has 10 heteroatoms. The third-order valence-electron chi connectivity index (χ3n) is 5.98. The summed E-state index contributed by atoms with van der Waals surface area (Å²) in [6, 6.07) is 11.2. The van der Waals surface area contributed by atoms with Crippen molar-refractivity contribution in [1.82, 2.24) is 15.5 Å². The van der Waals surface area contributed by atoms with Crippen LogP contribution in [0.1, 0.15) is 50.7 Å². The van der Waals surface area contributed by atoms with Gasteiger partial charge in [-0.1, -0.05) is 80.7 Å². The summed E-state index contributed by atoms with van der Waals surface area (Å²) in [4.78, 5) is 23.1. The molecule has 0 aromatic heterocycles. The van der Waals surface area contributed by atoms with Crippen LogP contribution in [-0.2, 0) is 14.3 Å². The fraction of sp³-hybridized carbons (Fsp3) is 0.517. The van der Waals surface area contributed by atoms with Gasteiger partial charge >= 0.3 is 0 Å². The van der Waals surface area contributed by atoms with E-state index in [2.05, 4.69) is 48.5 Å². The second-order valence-corrected chi connectivity index (χ2v) is 12.3. The topological polar surface area (TPSA) is 82.7 Å². The number of hydrogen-bond acceptors (Lipinski definition) is 5. The molecule has 4 rings (SSSR count). The Bertz CT molecular complexity index is 1040. The monoisotopic (exact) mass is 598 g/mol. The lowest BCUT2D eigenvalue weighted by atomic mass is 9.83. The number of nitrogens with zero attached hydrogens (tertiary/aromatic N) is 1. The fourth-order valence-electron chi connectivity index (χ4n) is 4.29. The van der Waals surface area contributed by atoms with Crippen molar-refractivity contribution in [3.05, 3.63) is 62.6 Å². The first-order chi connectivity index (χ1) is 18.5. The summed E-state index contributed by atoms with van der Waals surface area (Å²) in [6.45, 7) is 15.6. The van der Waals surface area contributed by atoms with Gasteiger partial charge in [0.1, 0.15) is 0 Å². The predicted molar refractivity (Wildman–Crippen MR) is 162 cm³/mol. The van der Waals surface area contributed by atoms with Crippen LogP contribution in [0.15, 0.2) is 36.4 Å². The zero-order chi connectivity index (χ0) is 28.8. The molecule has 7 nitrogen and oxygen atoms in total. The number of carbonyl (C=O) groups is 2. The van der Waals surface area contributed by atoms with Crippen molar-refractivity contribution in [3.8, 4) is 0 Å². The Morgan fingerprint density at radius 1 is 0.974 bits per heavy atom. The molecule has 2 aromatic rings. The van der Waals surface area contributed by atoms with E-state index < -0.39 is 0 Å². The number of benzene rings is 2. The van der Waals surface area contributed by atoms with Crippen molar-refractivity contribution in [2.75, 3.05) is 57.8 Å². The van der Waals surface area contributed by atoms with Gasteiger partial charge in [-0.15, -0.1) is 0 Å². The number of nitrogens with one attached hydrogen (secondary N) is 3. The van der Waals surface area contributed by atoms with E-state index in [4.69, 9.17) is 39.5 Å². The van der Waals surface area contributed by atoms with Crippen LogP contribution in [0.2, 0.25) is 15.1 Å². The second-order valence-electron chi connectivity index (χ2n) is 11.0. The Hall–Kier alpha value is -1.87. The minimum Gasteiger partial charge on any atom is -0.379 e. The van der Waals surface area contributed by atoms with Crippen LogP contribution in [0.3, 0.4) is 0 Å². The van der Waals surface area contributed by atoms with Crippen molar-refractivity contribution >= 4 is 53.3 Å². The van der Waals surface area contributed by atoms with Crippen LogP contribution in [-0.4, -0.2) is 70.2 Å². The van der Waals surface area contributed by atoms with Gasteiger partial charge in [-0.25, -0.2) is 0 Å². The lowest BCUT2D eigenvalue weighted by Gasteiger charge is -2.26. The van der Waals surface area contributed by atoms with E-state index in [-0.39, 0.29) is 11.8 Å². The van der Waals surface area contributed by atoms with Gasteiger partial charge in [0, 0.05) is 61.8 Å². The van der Waals surface area contributed by atoms with E-state index in [9.17, 15) is 9.59 Å². The molecular formula is C29H41Cl3N4O3. The van der Waals surface area contributed by atoms with Crippen LogP contribution in [0.5, 0.6) is 0 Å². The Morgan fingerprint density at radius 2 is 1.62 bits per heavy atom. The van der Waals surface area contributed by atoms with Crippen LogP contribution < -0.4 is 16.0 Å². The minimum atomic E-state index is 0.172. The molecule has 39 heavy (non-hydrogen) atoms. The van der Waals surface area contributed by atoms with Crippen molar-refractivity contribution in [1.29, 1.82) is 0 Å². The van der Waals surface area contributed by atoms with E-state index in [0.29, 0.717) is 26.9 Å². The summed E-state index contributed by atoms with van der Waals surface area (Å²) >= 11 is 18.6. The van der Waals surface area contributed by atoms with Crippen LogP contribution >= 0.6 is 34.8 Å². The molecule has 0 aliphatic carbocycles. The Kier molecular flexibility index (Phi) is 14.6. The molecule has 0 bridgehead atoms. The number of amides is 2. The van der Waals surface area contributed by atoms with Crippen LogP contribution in [0, 0.1) is 5.41 Å². The summed E-state index contributed by atoms with van der Waals surface area (Å²) in [5.41, 5.74) is 3.28. The van der Waals surface area contributed by atoms with Crippen LogP contribution in [0.4, 0.5) is 5.69 Å². The number of rotatable bonds is 8. The normalized spacial score (nSPS) is 19.2. The highest BCUT2D eigenvalue weighted by Gasteiger charge is 2.33. The first-order valence-corrected chi connectivity index (χ1v) is 14.3. The Morgan fingerprint density at radius 3 is 2.23 bits per heavy atom. The van der Waals surface area contributed by atoms with Crippen molar-refractivity contribution in [2.45, 2.75) is 39.5 Å². The zero-order valence-corrected chi connectivity index (χ0v) is 25.5. The molecule has 2 unspecified atom stereocenters. The smallest absolute Gasteiger partial charge is 0.211 e.